The first-order valence-electron chi connectivity index (χ1n) is 10.4. The molecule has 1 unspecified atom stereocenters. The minimum atomic E-state index is -0.383. The molecule has 1 aromatic heterocycles. The van der Waals surface area contributed by atoms with Crippen LogP contribution in [0, 0.1) is 10.1 Å². The quantitative estimate of drug-likeness (QED) is 0.460. The number of nitrogens with zero attached hydrogens (tertiary/aromatic N) is 5. The molecule has 1 atom stereocenters. The second-order valence-electron chi connectivity index (χ2n) is 7.68. The van der Waals surface area contributed by atoms with Crippen LogP contribution in [0.5, 0.6) is 0 Å². The third-order valence-electron chi connectivity index (χ3n) is 5.56. The van der Waals surface area contributed by atoms with E-state index >= 15 is 0 Å². The lowest BCUT2D eigenvalue weighted by atomic mass is 10.1. The van der Waals surface area contributed by atoms with Crippen LogP contribution in [-0.2, 0) is 6.54 Å². The Morgan fingerprint density at radius 1 is 1.00 bits per heavy atom. The van der Waals surface area contributed by atoms with Gasteiger partial charge in [0.1, 0.15) is 6.33 Å². The summed E-state index contributed by atoms with van der Waals surface area (Å²) in [6.45, 7) is 5.83. The van der Waals surface area contributed by atoms with Crippen LogP contribution < -0.4 is 10.2 Å². The van der Waals surface area contributed by atoms with Crippen LogP contribution >= 0.6 is 0 Å². The van der Waals surface area contributed by atoms with E-state index in [-0.39, 0.29) is 22.5 Å². The Balaban J connectivity index is 1.48. The van der Waals surface area contributed by atoms with Crippen molar-refractivity contribution < 1.29 is 4.92 Å². The Bertz CT molecular complexity index is 1010. The van der Waals surface area contributed by atoms with E-state index in [1.807, 2.05) is 60.4 Å². The molecule has 0 bridgehead atoms. The number of nitro groups is 1. The number of rotatable bonds is 7. The molecule has 1 aliphatic heterocycles. The molecule has 4 rings (SSSR count). The van der Waals surface area contributed by atoms with E-state index in [0.717, 1.165) is 25.2 Å². The average molecular weight is 419 g/mol. The summed E-state index contributed by atoms with van der Waals surface area (Å²) >= 11 is 0. The van der Waals surface area contributed by atoms with Gasteiger partial charge in [0, 0.05) is 32.7 Å². The van der Waals surface area contributed by atoms with E-state index in [2.05, 4.69) is 32.3 Å². The van der Waals surface area contributed by atoms with Crippen molar-refractivity contribution in [1.82, 2.24) is 14.9 Å². The molecule has 1 fully saturated rings. The second kappa shape index (κ2) is 9.53. The van der Waals surface area contributed by atoms with Crippen LogP contribution in [0.4, 0.5) is 17.3 Å². The van der Waals surface area contributed by atoms with Crippen LogP contribution in [0.1, 0.15) is 24.1 Å². The van der Waals surface area contributed by atoms with Crippen molar-refractivity contribution in [3.8, 4) is 0 Å². The summed E-state index contributed by atoms with van der Waals surface area (Å²) in [5, 5.41) is 15.2. The molecule has 0 amide bonds. The maximum absolute atomic E-state index is 12.0. The fraction of sp³-hybridized carbons (Fsp3) is 0.304. The molecule has 8 nitrogen and oxygen atoms in total. The molecule has 1 aliphatic rings. The van der Waals surface area contributed by atoms with Crippen molar-refractivity contribution in [1.29, 1.82) is 0 Å². The van der Waals surface area contributed by atoms with Crippen molar-refractivity contribution in [3.63, 3.8) is 0 Å². The van der Waals surface area contributed by atoms with Gasteiger partial charge in [-0.1, -0.05) is 60.7 Å². The highest BCUT2D eigenvalue weighted by Crippen LogP contribution is 2.34. The highest BCUT2D eigenvalue weighted by Gasteiger charge is 2.29. The number of hydrogen-bond donors (Lipinski definition) is 1. The third-order valence-corrected chi connectivity index (χ3v) is 5.56. The lowest BCUT2D eigenvalue weighted by Gasteiger charge is -2.35. The molecule has 0 saturated carbocycles. The molecular formula is C23H26N6O2. The van der Waals surface area contributed by atoms with Crippen molar-refractivity contribution in [2.45, 2.75) is 19.5 Å². The monoisotopic (exact) mass is 418 g/mol. The van der Waals surface area contributed by atoms with E-state index < -0.39 is 0 Å². The van der Waals surface area contributed by atoms with Gasteiger partial charge in [0.2, 0.25) is 11.6 Å². The van der Waals surface area contributed by atoms with Crippen molar-refractivity contribution in [2.75, 3.05) is 36.4 Å². The van der Waals surface area contributed by atoms with Gasteiger partial charge < -0.3 is 10.2 Å². The predicted octanol–water partition coefficient (Wildman–Crippen LogP) is 3.88. The van der Waals surface area contributed by atoms with Gasteiger partial charge in [-0.05, 0) is 18.1 Å². The summed E-state index contributed by atoms with van der Waals surface area (Å²) in [7, 11) is 0. The van der Waals surface area contributed by atoms with Gasteiger partial charge in [-0.15, -0.1) is 0 Å². The van der Waals surface area contributed by atoms with Gasteiger partial charge in [-0.2, -0.15) is 0 Å². The summed E-state index contributed by atoms with van der Waals surface area (Å²) in [5.74, 6) is 0.625. The van der Waals surface area contributed by atoms with Crippen LogP contribution in [0.15, 0.2) is 67.0 Å². The zero-order valence-electron chi connectivity index (χ0n) is 17.5. The molecule has 160 valence electrons. The summed E-state index contributed by atoms with van der Waals surface area (Å²) in [6.07, 6.45) is 1.40. The van der Waals surface area contributed by atoms with Crippen LogP contribution in [0.2, 0.25) is 0 Å². The van der Waals surface area contributed by atoms with Gasteiger partial charge in [-0.25, -0.2) is 9.97 Å². The van der Waals surface area contributed by atoms with E-state index in [0.29, 0.717) is 18.9 Å². The molecule has 2 aromatic carbocycles. The summed E-state index contributed by atoms with van der Waals surface area (Å²) in [5.41, 5.74) is 2.23. The fourth-order valence-corrected chi connectivity index (χ4v) is 3.86. The first kappa shape index (κ1) is 20.7. The third kappa shape index (κ3) is 4.97. The van der Waals surface area contributed by atoms with Gasteiger partial charge in [0.25, 0.3) is 0 Å². The molecule has 0 aliphatic carbocycles. The zero-order valence-corrected chi connectivity index (χ0v) is 17.5. The molecule has 0 spiro atoms. The number of benzene rings is 2. The first-order valence-corrected chi connectivity index (χ1v) is 10.4. The Labute approximate surface area is 181 Å². The number of anilines is 2. The Hall–Kier alpha value is -3.52. The van der Waals surface area contributed by atoms with Crippen molar-refractivity contribution in [2.24, 2.45) is 0 Å². The van der Waals surface area contributed by atoms with Gasteiger partial charge in [-0.3, -0.25) is 15.0 Å². The topological polar surface area (TPSA) is 87.4 Å². The largest absolute Gasteiger partial charge is 0.358 e. The molecule has 31 heavy (non-hydrogen) atoms. The van der Waals surface area contributed by atoms with E-state index in [1.165, 1.54) is 11.9 Å². The maximum Gasteiger partial charge on any atom is 0.353 e. The molecule has 1 saturated heterocycles. The Morgan fingerprint density at radius 3 is 2.29 bits per heavy atom. The molecule has 1 N–H and O–H groups in total. The van der Waals surface area contributed by atoms with Crippen molar-refractivity contribution >= 4 is 17.3 Å². The maximum atomic E-state index is 12.0. The van der Waals surface area contributed by atoms with Gasteiger partial charge in [0.15, 0.2) is 0 Å². The smallest absolute Gasteiger partial charge is 0.353 e. The Morgan fingerprint density at radius 2 is 1.65 bits per heavy atom. The van der Waals surface area contributed by atoms with E-state index in [1.54, 1.807) is 0 Å². The zero-order chi connectivity index (χ0) is 21.6. The summed E-state index contributed by atoms with van der Waals surface area (Å²) < 4.78 is 0. The lowest BCUT2D eigenvalue weighted by Crippen LogP contribution is -2.46. The van der Waals surface area contributed by atoms with Gasteiger partial charge >= 0.3 is 5.69 Å². The second-order valence-corrected chi connectivity index (χ2v) is 7.68. The van der Waals surface area contributed by atoms with Crippen LogP contribution in [0.3, 0.4) is 0 Å². The van der Waals surface area contributed by atoms with E-state index in [9.17, 15) is 10.1 Å². The van der Waals surface area contributed by atoms with Crippen LogP contribution in [-0.4, -0.2) is 46.0 Å². The van der Waals surface area contributed by atoms with E-state index in [4.69, 9.17) is 0 Å². The highest BCUT2D eigenvalue weighted by atomic mass is 16.6. The van der Waals surface area contributed by atoms with Crippen LogP contribution in [0.25, 0.3) is 0 Å². The standard InChI is InChI=1S/C23H26N6O2/c1-18(20-10-6-3-7-11-20)26-22-21(29(30)31)23(25-17-24-22)28-14-12-27(13-15-28)16-19-8-4-2-5-9-19/h2-11,17-18H,12-16H2,1H3,(H,24,25,26). The predicted molar refractivity (Wildman–Crippen MR) is 121 cm³/mol. The summed E-state index contributed by atoms with van der Waals surface area (Å²) in [6, 6.07) is 20.0. The Kier molecular flexibility index (Phi) is 6.37. The average Bonchev–Trinajstić information content (AvgIpc) is 2.80. The molecular weight excluding hydrogens is 392 g/mol. The molecule has 3 aromatic rings. The number of piperazine rings is 1. The molecule has 8 heteroatoms. The number of aromatic nitrogens is 2. The SMILES string of the molecule is CC(Nc1ncnc(N2CCN(Cc3ccccc3)CC2)c1[N+](=O)[O-])c1ccccc1. The minimum Gasteiger partial charge on any atom is -0.358 e. The summed E-state index contributed by atoms with van der Waals surface area (Å²) in [4.78, 5) is 24.4. The van der Waals surface area contributed by atoms with Gasteiger partial charge in [0.05, 0.1) is 11.0 Å². The molecule has 2 heterocycles. The number of hydrogen-bond acceptors (Lipinski definition) is 7. The lowest BCUT2D eigenvalue weighted by molar-refractivity contribution is -0.383. The first-order chi connectivity index (χ1) is 15.1. The molecule has 0 radical (unpaired) electrons. The fourth-order valence-electron chi connectivity index (χ4n) is 3.86. The number of nitrogens with one attached hydrogen (secondary N) is 1. The minimum absolute atomic E-state index is 0.0678. The highest BCUT2D eigenvalue weighted by molar-refractivity contribution is 5.70. The van der Waals surface area contributed by atoms with Crippen molar-refractivity contribution in [3.05, 3.63) is 88.2 Å². The normalized spacial score (nSPS) is 15.5.